The third kappa shape index (κ3) is 5.87. The Kier molecular flexibility index (Phi) is 7.87. The predicted octanol–water partition coefficient (Wildman–Crippen LogP) is 3.75. The molecular weight excluding hydrogens is 210 g/mol. The average Bonchev–Trinajstić information content (AvgIpc) is 2.36. The van der Waals surface area contributed by atoms with Crippen molar-refractivity contribution in [2.75, 3.05) is 26.8 Å². The Morgan fingerprint density at radius 3 is 2.53 bits per heavy atom. The molecule has 2 heteroatoms. The summed E-state index contributed by atoms with van der Waals surface area (Å²) in [5, 5.41) is 3.60. The lowest BCUT2D eigenvalue weighted by Gasteiger charge is -2.38. The Bertz CT molecular complexity index is 176. The van der Waals surface area contributed by atoms with E-state index in [0.717, 1.165) is 13.2 Å². The van der Waals surface area contributed by atoms with Crippen molar-refractivity contribution in [1.29, 1.82) is 0 Å². The third-order valence-corrected chi connectivity index (χ3v) is 4.21. The molecule has 0 amide bonds. The first kappa shape index (κ1) is 15.0. The molecule has 1 saturated carbocycles. The van der Waals surface area contributed by atoms with Crippen LogP contribution < -0.4 is 5.32 Å². The highest BCUT2D eigenvalue weighted by Crippen LogP contribution is 2.40. The van der Waals surface area contributed by atoms with E-state index in [2.05, 4.69) is 12.2 Å². The molecule has 0 spiro atoms. The Balaban J connectivity index is 2.29. The highest BCUT2D eigenvalue weighted by Gasteiger charge is 2.30. The van der Waals surface area contributed by atoms with Gasteiger partial charge in [-0.25, -0.2) is 0 Å². The lowest BCUT2D eigenvalue weighted by atomic mass is 9.71. The van der Waals surface area contributed by atoms with Crippen LogP contribution in [0.2, 0.25) is 0 Å². The molecule has 17 heavy (non-hydrogen) atoms. The number of ether oxygens (including phenoxy) is 1. The summed E-state index contributed by atoms with van der Waals surface area (Å²) < 4.78 is 5.10. The van der Waals surface area contributed by atoms with Gasteiger partial charge in [0, 0.05) is 20.2 Å². The Hall–Kier alpha value is -0.0800. The van der Waals surface area contributed by atoms with E-state index in [9.17, 15) is 0 Å². The molecule has 0 radical (unpaired) electrons. The van der Waals surface area contributed by atoms with Crippen molar-refractivity contribution in [2.45, 2.75) is 64.7 Å². The Morgan fingerprint density at radius 1 is 1.12 bits per heavy atom. The van der Waals surface area contributed by atoms with Crippen molar-refractivity contribution in [3.63, 3.8) is 0 Å². The number of rotatable bonds is 9. The lowest BCUT2D eigenvalue weighted by Crippen LogP contribution is -2.37. The zero-order valence-corrected chi connectivity index (χ0v) is 11.9. The predicted molar refractivity (Wildman–Crippen MR) is 74.4 cm³/mol. The maximum atomic E-state index is 5.10. The molecule has 2 nitrogen and oxygen atoms in total. The summed E-state index contributed by atoms with van der Waals surface area (Å²) in [6.07, 6.45) is 12.8. The molecule has 1 aliphatic rings. The fourth-order valence-electron chi connectivity index (χ4n) is 3.09. The van der Waals surface area contributed by atoms with Crippen LogP contribution >= 0.6 is 0 Å². The number of hydrogen-bond donors (Lipinski definition) is 1. The molecule has 0 aromatic carbocycles. The second-order valence-corrected chi connectivity index (χ2v) is 5.69. The smallest absolute Gasteiger partial charge is 0.0587 e. The molecule has 0 aromatic rings. The van der Waals surface area contributed by atoms with Gasteiger partial charge in [-0.3, -0.25) is 0 Å². The van der Waals surface area contributed by atoms with Crippen LogP contribution in [0, 0.1) is 5.41 Å². The van der Waals surface area contributed by atoms with Gasteiger partial charge in [0.2, 0.25) is 0 Å². The zero-order valence-electron chi connectivity index (χ0n) is 11.9. The number of unbranched alkanes of at least 4 members (excludes halogenated alkanes) is 2. The van der Waals surface area contributed by atoms with E-state index in [0.29, 0.717) is 5.41 Å². The average molecular weight is 241 g/mol. The van der Waals surface area contributed by atoms with E-state index in [1.54, 1.807) is 7.11 Å². The molecule has 1 fully saturated rings. The van der Waals surface area contributed by atoms with Crippen molar-refractivity contribution < 1.29 is 4.74 Å². The topological polar surface area (TPSA) is 21.3 Å². The molecule has 1 rings (SSSR count). The van der Waals surface area contributed by atoms with Gasteiger partial charge in [0.15, 0.2) is 0 Å². The summed E-state index contributed by atoms with van der Waals surface area (Å²) in [6, 6.07) is 0. The molecular formula is C15H31NO. The first-order chi connectivity index (χ1) is 8.33. The summed E-state index contributed by atoms with van der Waals surface area (Å²) in [7, 11) is 1.78. The summed E-state index contributed by atoms with van der Waals surface area (Å²) in [4.78, 5) is 0. The molecule has 102 valence electrons. The monoisotopic (exact) mass is 241 g/mol. The van der Waals surface area contributed by atoms with E-state index in [1.165, 1.54) is 64.3 Å². The Labute approximate surface area is 108 Å². The van der Waals surface area contributed by atoms with E-state index in [-0.39, 0.29) is 0 Å². The molecule has 0 aromatic heterocycles. The standard InChI is InChI=1S/C15H31NO/c1-3-4-6-9-15(10-7-5-8-11-15)14-16-12-13-17-2/h16H,3-14H2,1-2H3. The highest BCUT2D eigenvalue weighted by atomic mass is 16.5. The molecule has 0 heterocycles. The van der Waals surface area contributed by atoms with Gasteiger partial charge in [-0.15, -0.1) is 0 Å². The van der Waals surface area contributed by atoms with Crippen LogP contribution in [-0.2, 0) is 4.74 Å². The van der Waals surface area contributed by atoms with Crippen molar-refractivity contribution in [3.05, 3.63) is 0 Å². The second-order valence-electron chi connectivity index (χ2n) is 5.69. The minimum atomic E-state index is 0.612. The first-order valence-corrected chi connectivity index (χ1v) is 7.53. The van der Waals surface area contributed by atoms with E-state index < -0.39 is 0 Å². The van der Waals surface area contributed by atoms with Gasteiger partial charge in [0.25, 0.3) is 0 Å². The van der Waals surface area contributed by atoms with E-state index in [1.807, 2.05) is 0 Å². The number of hydrogen-bond acceptors (Lipinski definition) is 2. The summed E-state index contributed by atoms with van der Waals surface area (Å²) >= 11 is 0. The van der Waals surface area contributed by atoms with Crippen LogP contribution in [0.1, 0.15) is 64.7 Å². The molecule has 0 bridgehead atoms. The van der Waals surface area contributed by atoms with Gasteiger partial charge >= 0.3 is 0 Å². The van der Waals surface area contributed by atoms with E-state index in [4.69, 9.17) is 4.74 Å². The fraction of sp³-hybridized carbons (Fsp3) is 1.00. The van der Waals surface area contributed by atoms with Gasteiger partial charge in [0.05, 0.1) is 6.61 Å². The summed E-state index contributed by atoms with van der Waals surface area (Å²) in [6.45, 7) is 5.35. The Morgan fingerprint density at radius 2 is 1.88 bits per heavy atom. The highest BCUT2D eigenvalue weighted by molar-refractivity contribution is 4.84. The van der Waals surface area contributed by atoms with Crippen LogP contribution in [0.5, 0.6) is 0 Å². The molecule has 0 atom stereocenters. The van der Waals surface area contributed by atoms with E-state index >= 15 is 0 Å². The maximum absolute atomic E-state index is 5.10. The largest absolute Gasteiger partial charge is 0.383 e. The maximum Gasteiger partial charge on any atom is 0.0587 e. The molecule has 0 unspecified atom stereocenters. The van der Waals surface area contributed by atoms with Crippen LogP contribution in [0.25, 0.3) is 0 Å². The zero-order chi connectivity index (χ0) is 12.4. The number of methoxy groups -OCH3 is 1. The van der Waals surface area contributed by atoms with Gasteiger partial charge in [0.1, 0.15) is 0 Å². The van der Waals surface area contributed by atoms with Crippen molar-refractivity contribution in [1.82, 2.24) is 5.32 Å². The SMILES string of the molecule is CCCCCC1(CNCCOC)CCCCC1. The minimum absolute atomic E-state index is 0.612. The normalized spacial score (nSPS) is 19.4. The molecule has 1 aliphatic carbocycles. The van der Waals surface area contributed by atoms with Crippen LogP contribution in [0.3, 0.4) is 0 Å². The van der Waals surface area contributed by atoms with Gasteiger partial charge < -0.3 is 10.1 Å². The summed E-state index contributed by atoms with van der Waals surface area (Å²) in [5.74, 6) is 0. The molecule has 1 N–H and O–H groups in total. The number of nitrogens with one attached hydrogen (secondary N) is 1. The quantitative estimate of drug-likeness (QED) is 0.621. The van der Waals surface area contributed by atoms with Crippen molar-refractivity contribution in [3.8, 4) is 0 Å². The van der Waals surface area contributed by atoms with Gasteiger partial charge in [-0.05, 0) is 24.7 Å². The summed E-state index contributed by atoms with van der Waals surface area (Å²) in [5.41, 5.74) is 0.612. The van der Waals surface area contributed by atoms with Gasteiger partial charge in [-0.1, -0.05) is 45.4 Å². The van der Waals surface area contributed by atoms with Crippen molar-refractivity contribution in [2.24, 2.45) is 5.41 Å². The first-order valence-electron chi connectivity index (χ1n) is 7.53. The third-order valence-electron chi connectivity index (χ3n) is 4.21. The van der Waals surface area contributed by atoms with Crippen LogP contribution in [0.15, 0.2) is 0 Å². The lowest BCUT2D eigenvalue weighted by molar-refractivity contribution is 0.149. The van der Waals surface area contributed by atoms with Crippen LogP contribution in [-0.4, -0.2) is 26.8 Å². The molecule has 0 aliphatic heterocycles. The van der Waals surface area contributed by atoms with Crippen LogP contribution in [0.4, 0.5) is 0 Å². The molecule has 0 saturated heterocycles. The minimum Gasteiger partial charge on any atom is -0.383 e. The fourth-order valence-corrected chi connectivity index (χ4v) is 3.09. The van der Waals surface area contributed by atoms with Gasteiger partial charge in [-0.2, -0.15) is 0 Å². The van der Waals surface area contributed by atoms with Crippen molar-refractivity contribution >= 4 is 0 Å². The second kappa shape index (κ2) is 8.93.